The molecular weight excluding hydrogens is 294 g/mol. The maximum atomic E-state index is 11.1. The molecule has 2 aromatic rings. The minimum Gasteiger partial charge on any atom is -0.496 e. The van der Waals surface area contributed by atoms with Gasteiger partial charge in [-0.1, -0.05) is 30.3 Å². The van der Waals surface area contributed by atoms with Gasteiger partial charge in [-0.15, -0.1) is 0 Å². The first-order valence-electron chi connectivity index (χ1n) is 7.78. The van der Waals surface area contributed by atoms with Crippen LogP contribution in [0.1, 0.15) is 12.0 Å². The predicted octanol–water partition coefficient (Wildman–Crippen LogP) is 2.12. The molecule has 0 aliphatic carbocycles. The number of benzene rings is 2. The van der Waals surface area contributed by atoms with Crippen molar-refractivity contribution in [1.82, 2.24) is 4.90 Å². The first-order chi connectivity index (χ1) is 11.1. The van der Waals surface area contributed by atoms with Gasteiger partial charge in [-0.05, 0) is 29.8 Å². The van der Waals surface area contributed by atoms with Gasteiger partial charge in [-0.3, -0.25) is 9.69 Å². The minimum absolute atomic E-state index is 0.364. The number of hydrogen-bond acceptors (Lipinski definition) is 4. The Morgan fingerprint density at radius 1 is 1.30 bits per heavy atom. The molecule has 122 valence electrons. The Bertz CT molecular complexity index is 715. The second-order valence-electron chi connectivity index (χ2n) is 6.00. The van der Waals surface area contributed by atoms with Crippen molar-refractivity contribution in [3.8, 4) is 5.75 Å². The zero-order chi connectivity index (χ0) is 16.4. The van der Waals surface area contributed by atoms with Gasteiger partial charge >= 0.3 is 5.97 Å². The fourth-order valence-electron chi connectivity index (χ4n) is 3.32. The van der Waals surface area contributed by atoms with Crippen LogP contribution < -0.4 is 4.74 Å². The lowest BCUT2D eigenvalue weighted by Crippen LogP contribution is -2.46. The summed E-state index contributed by atoms with van der Waals surface area (Å²) in [6.07, 6.45) is -0.369. The Balaban J connectivity index is 1.86. The Hall–Kier alpha value is -2.11. The van der Waals surface area contributed by atoms with Gasteiger partial charge in [-0.2, -0.15) is 0 Å². The first kappa shape index (κ1) is 15.8. The first-order valence-corrected chi connectivity index (χ1v) is 7.78. The topological polar surface area (TPSA) is 70.0 Å². The summed E-state index contributed by atoms with van der Waals surface area (Å²) in [6.45, 7) is 1.65. The predicted molar refractivity (Wildman–Crippen MR) is 87.5 cm³/mol. The fraction of sp³-hybridized carbons (Fsp3) is 0.389. The van der Waals surface area contributed by atoms with Crippen molar-refractivity contribution in [2.75, 3.05) is 20.2 Å². The molecule has 23 heavy (non-hydrogen) atoms. The largest absolute Gasteiger partial charge is 0.496 e. The van der Waals surface area contributed by atoms with Gasteiger partial charge in [0.2, 0.25) is 0 Å². The molecule has 5 nitrogen and oxygen atoms in total. The number of likely N-dealkylation sites (tertiary alicyclic amines) is 1. The van der Waals surface area contributed by atoms with E-state index in [1.807, 2.05) is 24.3 Å². The van der Waals surface area contributed by atoms with Gasteiger partial charge in [0.1, 0.15) is 5.75 Å². The maximum absolute atomic E-state index is 11.1. The average molecular weight is 315 g/mol. The molecule has 0 spiro atoms. The highest BCUT2D eigenvalue weighted by Crippen LogP contribution is 2.30. The molecule has 2 aromatic carbocycles. The Morgan fingerprint density at radius 2 is 2.09 bits per heavy atom. The monoisotopic (exact) mass is 315 g/mol. The molecule has 1 aliphatic rings. The number of ether oxygens (including phenoxy) is 1. The second kappa shape index (κ2) is 6.56. The minimum atomic E-state index is -0.917. The Morgan fingerprint density at radius 3 is 2.78 bits per heavy atom. The van der Waals surface area contributed by atoms with Gasteiger partial charge in [0.25, 0.3) is 0 Å². The molecule has 2 atom stereocenters. The van der Waals surface area contributed by atoms with Crippen LogP contribution in [-0.4, -0.2) is 47.4 Å². The third-order valence-electron chi connectivity index (χ3n) is 4.58. The number of aliphatic hydroxyl groups is 1. The molecule has 1 saturated heterocycles. The number of carbonyl (C=O) groups is 1. The number of carboxylic acid groups (broad SMARTS) is 1. The van der Waals surface area contributed by atoms with E-state index in [1.54, 1.807) is 7.11 Å². The number of fused-ring (bicyclic) bond motifs is 1. The van der Waals surface area contributed by atoms with Crippen LogP contribution in [0.15, 0.2) is 36.4 Å². The van der Waals surface area contributed by atoms with Crippen molar-refractivity contribution in [2.45, 2.75) is 19.1 Å². The fourth-order valence-corrected chi connectivity index (χ4v) is 3.32. The van der Waals surface area contributed by atoms with E-state index in [0.717, 1.165) is 22.1 Å². The van der Waals surface area contributed by atoms with Gasteiger partial charge < -0.3 is 14.9 Å². The summed E-state index contributed by atoms with van der Waals surface area (Å²) in [6, 6.07) is 12.1. The lowest BCUT2D eigenvalue weighted by molar-refractivity contribution is -0.148. The van der Waals surface area contributed by atoms with E-state index >= 15 is 0 Å². The SMILES string of the molecule is COc1ccc2ccccc2c1CN1CC[C@H](C(=O)O)[C@H](O)C1. The smallest absolute Gasteiger partial charge is 0.309 e. The molecule has 2 N–H and O–H groups in total. The number of β-amino-alcohol motifs (C(OH)–C–C–N with tert-alkyl or cyclic N) is 1. The van der Waals surface area contributed by atoms with Gasteiger partial charge in [0, 0.05) is 18.7 Å². The van der Waals surface area contributed by atoms with E-state index in [1.165, 1.54) is 0 Å². The second-order valence-corrected chi connectivity index (χ2v) is 6.00. The summed E-state index contributed by atoms with van der Waals surface area (Å²) in [5, 5.41) is 21.5. The molecule has 0 unspecified atom stereocenters. The zero-order valence-corrected chi connectivity index (χ0v) is 13.1. The van der Waals surface area contributed by atoms with Crippen molar-refractivity contribution in [3.05, 3.63) is 42.0 Å². The maximum Gasteiger partial charge on any atom is 0.309 e. The number of hydrogen-bond donors (Lipinski definition) is 2. The number of aliphatic carboxylic acids is 1. The van der Waals surface area contributed by atoms with Gasteiger partial charge in [0.15, 0.2) is 0 Å². The highest BCUT2D eigenvalue weighted by Gasteiger charge is 2.33. The van der Waals surface area contributed by atoms with Crippen LogP contribution in [0.3, 0.4) is 0 Å². The van der Waals surface area contributed by atoms with Crippen LogP contribution in [0.2, 0.25) is 0 Å². The number of nitrogens with zero attached hydrogens (tertiary/aromatic N) is 1. The summed E-state index contributed by atoms with van der Waals surface area (Å²) in [5.41, 5.74) is 1.08. The zero-order valence-electron chi connectivity index (χ0n) is 13.1. The van der Waals surface area contributed by atoms with E-state index in [4.69, 9.17) is 9.84 Å². The summed E-state index contributed by atoms with van der Waals surface area (Å²) < 4.78 is 5.50. The van der Waals surface area contributed by atoms with Crippen LogP contribution in [0.5, 0.6) is 5.75 Å². The van der Waals surface area contributed by atoms with E-state index in [2.05, 4.69) is 17.0 Å². The van der Waals surface area contributed by atoms with Crippen molar-refractivity contribution >= 4 is 16.7 Å². The van der Waals surface area contributed by atoms with E-state index < -0.39 is 18.0 Å². The van der Waals surface area contributed by atoms with Gasteiger partial charge in [0.05, 0.1) is 19.1 Å². The number of carboxylic acids is 1. The van der Waals surface area contributed by atoms with Gasteiger partial charge in [-0.25, -0.2) is 0 Å². The molecule has 0 aromatic heterocycles. The number of piperidine rings is 1. The number of rotatable bonds is 4. The van der Waals surface area contributed by atoms with Crippen LogP contribution in [0.25, 0.3) is 10.8 Å². The van der Waals surface area contributed by atoms with E-state index in [9.17, 15) is 9.90 Å². The van der Waals surface area contributed by atoms with E-state index in [-0.39, 0.29) is 0 Å². The average Bonchev–Trinajstić information content (AvgIpc) is 2.55. The molecule has 0 saturated carbocycles. The normalized spacial score (nSPS) is 22.2. The highest BCUT2D eigenvalue weighted by atomic mass is 16.5. The quantitative estimate of drug-likeness (QED) is 0.904. The molecule has 3 rings (SSSR count). The summed E-state index contributed by atoms with van der Waals surface area (Å²) >= 11 is 0. The van der Waals surface area contributed by atoms with Crippen LogP contribution in [0.4, 0.5) is 0 Å². The van der Waals surface area contributed by atoms with Crippen molar-refractivity contribution < 1.29 is 19.7 Å². The molecule has 5 heteroatoms. The lowest BCUT2D eigenvalue weighted by Gasteiger charge is -2.34. The Labute approximate surface area is 135 Å². The molecule has 0 amide bonds. The van der Waals surface area contributed by atoms with Crippen molar-refractivity contribution in [1.29, 1.82) is 0 Å². The summed E-state index contributed by atoms with van der Waals surface area (Å²) in [4.78, 5) is 13.2. The molecule has 1 heterocycles. The molecule has 0 radical (unpaired) electrons. The van der Waals surface area contributed by atoms with Crippen LogP contribution >= 0.6 is 0 Å². The highest BCUT2D eigenvalue weighted by molar-refractivity contribution is 5.87. The molecule has 1 fully saturated rings. The summed E-state index contributed by atoms with van der Waals surface area (Å²) in [5.74, 6) is -0.765. The van der Waals surface area contributed by atoms with Crippen LogP contribution in [0, 0.1) is 5.92 Å². The molecular formula is C18H21NO4. The van der Waals surface area contributed by atoms with Crippen molar-refractivity contribution in [3.63, 3.8) is 0 Å². The number of methoxy groups -OCH3 is 1. The van der Waals surface area contributed by atoms with E-state index in [0.29, 0.717) is 26.1 Å². The third kappa shape index (κ3) is 3.16. The van der Waals surface area contributed by atoms with Crippen molar-refractivity contribution in [2.24, 2.45) is 5.92 Å². The number of aliphatic hydroxyl groups excluding tert-OH is 1. The third-order valence-corrected chi connectivity index (χ3v) is 4.58. The lowest BCUT2D eigenvalue weighted by atomic mass is 9.93. The van der Waals surface area contributed by atoms with Crippen LogP contribution in [-0.2, 0) is 11.3 Å². The summed E-state index contributed by atoms with van der Waals surface area (Å²) in [7, 11) is 1.65. The molecule has 0 bridgehead atoms. The molecule has 1 aliphatic heterocycles. The standard InChI is InChI=1S/C18H21NO4/c1-23-17-7-6-12-4-2-3-5-13(12)15(17)10-19-9-8-14(18(21)22)16(20)11-19/h2-7,14,16,20H,8-11H2,1H3,(H,21,22)/t14-,16+/m0/s1. The Kier molecular flexibility index (Phi) is 4.50.